The van der Waals surface area contributed by atoms with Gasteiger partial charge in [-0.05, 0) is 0 Å². The van der Waals surface area contributed by atoms with Crippen LogP contribution < -0.4 is 0 Å². The molecule has 0 N–H and O–H groups in total. The van der Waals surface area contributed by atoms with E-state index in [4.69, 9.17) is 4.74 Å². The third-order valence-corrected chi connectivity index (χ3v) is 2.26. The van der Waals surface area contributed by atoms with E-state index in [9.17, 15) is 9.59 Å². The van der Waals surface area contributed by atoms with Crippen molar-refractivity contribution in [2.24, 2.45) is 5.92 Å². The summed E-state index contributed by atoms with van der Waals surface area (Å²) in [6.07, 6.45) is 5.12. The highest BCUT2D eigenvalue weighted by molar-refractivity contribution is 5.79. The molecule has 17 heavy (non-hydrogen) atoms. The molecular weight excluding hydrogens is 224 g/mol. The number of carbonyl (C=O) groups is 2. The standard InChI is InChI=1S/C11H16N2O4/c1-9(7-10(14)16-2)11(15)17-6-5-13-4-3-12-8-13/h3-4,8-9H,5-7H2,1-2H3. The van der Waals surface area contributed by atoms with Crippen molar-refractivity contribution in [2.75, 3.05) is 13.7 Å². The lowest BCUT2D eigenvalue weighted by Gasteiger charge is -2.10. The van der Waals surface area contributed by atoms with E-state index in [0.717, 1.165) is 0 Å². The molecule has 0 aliphatic carbocycles. The van der Waals surface area contributed by atoms with Crippen molar-refractivity contribution in [3.05, 3.63) is 18.7 Å². The van der Waals surface area contributed by atoms with Gasteiger partial charge in [0.15, 0.2) is 0 Å². The predicted molar refractivity (Wildman–Crippen MR) is 59.0 cm³/mol. The molecule has 1 aromatic rings. The van der Waals surface area contributed by atoms with E-state index in [-0.39, 0.29) is 13.0 Å². The number of esters is 2. The third-order valence-electron chi connectivity index (χ3n) is 2.26. The number of hydrogen-bond donors (Lipinski definition) is 0. The smallest absolute Gasteiger partial charge is 0.309 e. The molecular formula is C11H16N2O4. The topological polar surface area (TPSA) is 70.4 Å². The van der Waals surface area contributed by atoms with Crippen LogP contribution in [-0.2, 0) is 25.6 Å². The predicted octanol–water partition coefficient (Wildman–Crippen LogP) is 0.625. The van der Waals surface area contributed by atoms with Crippen molar-refractivity contribution in [1.29, 1.82) is 0 Å². The summed E-state index contributed by atoms with van der Waals surface area (Å²) in [6.45, 7) is 2.45. The van der Waals surface area contributed by atoms with Crippen LogP contribution in [0.2, 0.25) is 0 Å². The molecule has 6 nitrogen and oxygen atoms in total. The number of aromatic nitrogens is 2. The Morgan fingerprint density at radius 3 is 2.82 bits per heavy atom. The molecule has 1 aromatic heterocycles. The van der Waals surface area contributed by atoms with Crippen LogP contribution in [0.3, 0.4) is 0 Å². The fraction of sp³-hybridized carbons (Fsp3) is 0.545. The first-order valence-electron chi connectivity index (χ1n) is 5.32. The molecule has 0 aliphatic rings. The zero-order valence-electron chi connectivity index (χ0n) is 9.96. The quantitative estimate of drug-likeness (QED) is 0.682. The van der Waals surface area contributed by atoms with Gasteiger partial charge in [-0.1, -0.05) is 6.92 Å². The fourth-order valence-electron chi connectivity index (χ4n) is 1.23. The molecule has 0 fully saturated rings. The highest BCUT2D eigenvalue weighted by Gasteiger charge is 2.18. The molecule has 0 spiro atoms. The number of methoxy groups -OCH3 is 1. The Labute approximate surface area is 99.5 Å². The average Bonchev–Trinajstić information content (AvgIpc) is 2.81. The summed E-state index contributed by atoms with van der Waals surface area (Å²) in [5.41, 5.74) is 0. The Balaban J connectivity index is 2.22. The molecule has 0 radical (unpaired) electrons. The van der Waals surface area contributed by atoms with Crippen LogP contribution >= 0.6 is 0 Å². The molecule has 0 amide bonds. The number of hydrogen-bond acceptors (Lipinski definition) is 5. The van der Waals surface area contributed by atoms with Crippen molar-refractivity contribution < 1.29 is 19.1 Å². The Bertz CT molecular complexity index is 362. The Morgan fingerprint density at radius 1 is 1.47 bits per heavy atom. The number of nitrogens with zero attached hydrogens (tertiary/aromatic N) is 2. The second-order valence-corrected chi connectivity index (χ2v) is 3.65. The maximum Gasteiger partial charge on any atom is 0.309 e. The van der Waals surface area contributed by atoms with E-state index < -0.39 is 17.9 Å². The van der Waals surface area contributed by atoms with Crippen LogP contribution in [0.15, 0.2) is 18.7 Å². The first kappa shape index (κ1) is 13.2. The van der Waals surface area contributed by atoms with Crippen LogP contribution in [-0.4, -0.2) is 35.2 Å². The van der Waals surface area contributed by atoms with Crippen molar-refractivity contribution in [1.82, 2.24) is 9.55 Å². The molecule has 1 atom stereocenters. The van der Waals surface area contributed by atoms with Gasteiger partial charge in [0.05, 0.1) is 32.3 Å². The molecule has 94 valence electrons. The van der Waals surface area contributed by atoms with Crippen LogP contribution in [0.1, 0.15) is 13.3 Å². The van der Waals surface area contributed by atoms with Gasteiger partial charge in [0.25, 0.3) is 0 Å². The van der Waals surface area contributed by atoms with E-state index in [0.29, 0.717) is 6.54 Å². The minimum Gasteiger partial charge on any atom is -0.469 e. The second kappa shape index (κ2) is 6.67. The average molecular weight is 240 g/mol. The van der Waals surface area contributed by atoms with Crippen LogP contribution in [0.4, 0.5) is 0 Å². The van der Waals surface area contributed by atoms with Crippen molar-refractivity contribution in [3.63, 3.8) is 0 Å². The van der Waals surface area contributed by atoms with E-state index in [2.05, 4.69) is 9.72 Å². The molecule has 1 unspecified atom stereocenters. The lowest BCUT2D eigenvalue weighted by Crippen LogP contribution is -2.20. The number of carbonyl (C=O) groups excluding carboxylic acids is 2. The second-order valence-electron chi connectivity index (χ2n) is 3.65. The highest BCUT2D eigenvalue weighted by atomic mass is 16.5. The van der Waals surface area contributed by atoms with Gasteiger partial charge < -0.3 is 14.0 Å². The van der Waals surface area contributed by atoms with Gasteiger partial charge in [0.1, 0.15) is 6.61 Å². The van der Waals surface area contributed by atoms with E-state index in [1.54, 1.807) is 30.2 Å². The van der Waals surface area contributed by atoms with Gasteiger partial charge in [-0.3, -0.25) is 9.59 Å². The Hall–Kier alpha value is -1.85. The van der Waals surface area contributed by atoms with E-state index >= 15 is 0 Å². The molecule has 1 rings (SSSR count). The number of imidazole rings is 1. The minimum absolute atomic E-state index is 0.0421. The Kier molecular flexibility index (Phi) is 5.19. The van der Waals surface area contributed by atoms with Crippen LogP contribution in [0.5, 0.6) is 0 Å². The molecule has 0 aromatic carbocycles. The molecule has 0 aliphatic heterocycles. The SMILES string of the molecule is COC(=O)CC(C)C(=O)OCCn1ccnc1. The molecule has 1 heterocycles. The summed E-state index contributed by atoms with van der Waals surface area (Å²) in [6, 6.07) is 0. The maximum atomic E-state index is 11.5. The van der Waals surface area contributed by atoms with Crippen LogP contribution in [0, 0.1) is 5.92 Å². The molecule has 0 saturated heterocycles. The highest BCUT2D eigenvalue weighted by Crippen LogP contribution is 2.05. The molecule has 6 heteroatoms. The lowest BCUT2D eigenvalue weighted by molar-refractivity contribution is -0.153. The maximum absolute atomic E-state index is 11.5. The first-order valence-corrected chi connectivity index (χ1v) is 5.32. The lowest BCUT2D eigenvalue weighted by atomic mass is 10.1. The third kappa shape index (κ3) is 4.67. The summed E-state index contributed by atoms with van der Waals surface area (Å²) in [5.74, 6) is -1.29. The normalized spacial score (nSPS) is 11.9. The van der Waals surface area contributed by atoms with Gasteiger partial charge in [-0.25, -0.2) is 4.98 Å². The Morgan fingerprint density at radius 2 is 2.24 bits per heavy atom. The van der Waals surface area contributed by atoms with Gasteiger partial charge in [-0.2, -0.15) is 0 Å². The zero-order valence-corrected chi connectivity index (χ0v) is 9.96. The summed E-state index contributed by atoms with van der Waals surface area (Å²) >= 11 is 0. The van der Waals surface area contributed by atoms with Gasteiger partial charge >= 0.3 is 11.9 Å². The van der Waals surface area contributed by atoms with E-state index in [1.165, 1.54) is 7.11 Å². The van der Waals surface area contributed by atoms with Crippen molar-refractivity contribution in [3.8, 4) is 0 Å². The summed E-state index contributed by atoms with van der Waals surface area (Å²) < 4.78 is 11.3. The fourth-order valence-corrected chi connectivity index (χ4v) is 1.23. The summed E-state index contributed by atoms with van der Waals surface area (Å²) in [7, 11) is 1.29. The largest absolute Gasteiger partial charge is 0.469 e. The number of rotatable bonds is 6. The first-order chi connectivity index (χ1) is 8.13. The molecule has 0 bridgehead atoms. The van der Waals surface area contributed by atoms with Gasteiger partial charge in [0.2, 0.25) is 0 Å². The summed E-state index contributed by atoms with van der Waals surface area (Å²) in [5, 5.41) is 0. The molecule has 0 saturated carbocycles. The van der Waals surface area contributed by atoms with Crippen LogP contribution in [0.25, 0.3) is 0 Å². The van der Waals surface area contributed by atoms with Crippen molar-refractivity contribution >= 4 is 11.9 Å². The number of ether oxygens (including phenoxy) is 2. The monoisotopic (exact) mass is 240 g/mol. The summed E-state index contributed by atoms with van der Waals surface area (Å²) in [4.78, 5) is 26.3. The van der Waals surface area contributed by atoms with Crippen molar-refractivity contribution in [2.45, 2.75) is 19.9 Å². The zero-order chi connectivity index (χ0) is 12.7. The van der Waals surface area contributed by atoms with Gasteiger partial charge in [0, 0.05) is 12.4 Å². The van der Waals surface area contributed by atoms with E-state index in [1.807, 2.05) is 0 Å². The van der Waals surface area contributed by atoms with Gasteiger partial charge in [-0.15, -0.1) is 0 Å². The minimum atomic E-state index is -0.481.